The summed E-state index contributed by atoms with van der Waals surface area (Å²) in [5.74, 6) is 0.185. The number of nitrogens with zero attached hydrogens (tertiary/aromatic N) is 1. The van der Waals surface area contributed by atoms with Crippen LogP contribution >= 0.6 is 0 Å². The summed E-state index contributed by atoms with van der Waals surface area (Å²) in [5.41, 5.74) is 6.66. The molecule has 5 heteroatoms. The van der Waals surface area contributed by atoms with E-state index in [-0.39, 0.29) is 0 Å². The molecule has 0 aliphatic rings. The van der Waals surface area contributed by atoms with Crippen LogP contribution in [-0.4, -0.2) is 24.1 Å². The lowest BCUT2D eigenvalue weighted by atomic mass is 10.1. The first-order valence-electron chi connectivity index (χ1n) is 5.72. The van der Waals surface area contributed by atoms with E-state index in [1.807, 2.05) is 0 Å². The highest BCUT2D eigenvalue weighted by Gasteiger charge is 2.11. The van der Waals surface area contributed by atoms with Crippen LogP contribution in [0.25, 0.3) is 0 Å². The van der Waals surface area contributed by atoms with Gasteiger partial charge in [0.05, 0.1) is 18.4 Å². The number of pyridine rings is 1. The number of rotatable bonds is 5. The Hall–Kier alpha value is -1.78. The molecule has 0 saturated heterocycles. The predicted octanol–water partition coefficient (Wildman–Crippen LogP) is 2.05. The summed E-state index contributed by atoms with van der Waals surface area (Å²) in [6.07, 6.45) is 3.46. The molecule has 0 spiro atoms. The van der Waals surface area contributed by atoms with E-state index >= 15 is 0 Å². The second-order valence-electron chi connectivity index (χ2n) is 3.81. The van der Waals surface area contributed by atoms with Crippen LogP contribution in [0.15, 0.2) is 12.3 Å². The second kappa shape index (κ2) is 6.08. The SMILES string of the molecule is CCC(CC)Nc1ncc(C(=O)OC)cc1N. The first-order chi connectivity index (χ1) is 8.12. The maximum Gasteiger partial charge on any atom is 0.339 e. The highest BCUT2D eigenvalue weighted by atomic mass is 16.5. The number of hydrogen-bond donors (Lipinski definition) is 2. The third kappa shape index (κ3) is 3.34. The Morgan fingerprint density at radius 1 is 1.53 bits per heavy atom. The smallest absolute Gasteiger partial charge is 0.339 e. The summed E-state index contributed by atoms with van der Waals surface area (Å²) in [5, 5.41) is 3.24. The molecule has 0 saturated carbocycles. The molecule has 0 aliphatic carbocycles. The van der Waals surface area contributed by atoms with Crippen LogP contribution in [0.5, 0.6) is 0 Å². The molecule has 1 aromatic heterocycles. The molecule has 0 bridgehead atoms. The highest BCUT2D eigenvalue weighted by Crippen LogP contribution is 2.19. The van der Waals surface area contributed by atoms with E-state index in [1.54, 1.807) is 6.07 Å². The lowest BCUT2D eigenvalue weighted by Gasteiger charge is -2.16. The van der Waals surface area contributed by atoms with Gasteiger partial charge in [0.15, 0.2) is 0 Å². The number of esters is 1. The number of ether oxygens (including phenoxy) is 1. The quantitative estimate of drug-likeness (QED) is 0.766. The summed E-state index contributed by atoms with van der Waals surface area (Å²) in [6, 6.07) is 1.91. The average molecular weight is 237 g/mol. The summed E-state index contributed by atoms with van der Waals surface area (Å²) < 4.78 is 4.60. The molecule has 0 atom stereocenters. The van der Waals surface area contributed by atoms with Gasteiger partial charge in [0.25, 0.3) is 0 Å². The van der Waals surface area contributed by atoms with Crippen molar-refractivity contribution in [1.29, 1.82) is 0 Å². The summed E-state index contributed by atoms with van der Waals surface area (Å²) in [4.78, 5) is 15.4. The van der Waals surface area contributed by atoms with Gasteiger partial charge in [0.2, 0.25) is 0 Å². The van der Waals surface area contributed by atoms with Crippen molar-refractivity contribution < 1.29 is 9.53 Å². The predicted molar refractivity (Wildman–Crippen MR) is 68.0 cm³/mol. The zero-order chi connectivity index (χ0) is 12.8. The molecular formula is C12H19N3O2. The van der Waals surface area contributed by atoms with Crippen molar-refractivity contribution in [3.63, 3.8) is 0 Å². The van der Waals surface area contributed by atoms with Crippen LogP contribution < -0.4 is 11.1 Å². The molecule has 1 rings (SSSR count). The molecule has 1 heterocycles. The molecule has 3 N–H and O–H groups in total. The fourth-order valence-corrected chi connectivity index (χ4v) is 1.52. The van der Waals surface area contributed by atoms with Crippen LogP contribution in [0.4, 0.5) is 11.5 Å². The second-order valence-corrected chi connectivity index (χ2v) is 3.81. The minimum absolute atomic E-state index is 0.341. The fourth-order valence-electron chi connectivity index (χ4n) is 1.52. The molecule has 0 aromatic carbocycles. The Balaban J connectivity index is 2.86. The first-order valence-corrected chi connectivity index (χ1v) is 5.72. The summed E-state index contributed by atoms with van der Waals surface area (Å²) in [6.45, 7) is 4.19. The number of nitrogens with one attached hydrogen (secondary N) is 1. The Labute approximate surface area is 101 Å². The van der Waals surface area contributed by atoms with Crippen molar-refractivity contribution in [2.24, 2.45) is 0 Å². The number of carbonyl (C=O) groups is 1. The molecule has 0 aliphatic heterocycles. The molecule has 94 valence electrons. The number of anilines is 2. The Morgan fingerprint density at radius 2 is 2.18 bits per heavy atom. The van der Waals surface area contributed by atoms with Crippen molar-refractivity contribution in [2.75, 3.05) is 18.2 Å². The number of methoxy groups -OCH3 is 1. The van der Waals surface area contributed by atoms with E-state index < -0.39 is 5.97 Å². The van der Waals surface area contributed by atoms with Gasteiger partial charge in [-0.25, -0.2) is 9.78 Å². The first kappa shape index (κ1) is 13.3. The molecule has 0 amide bonds. The molecular weight excluding hydrogens is 218 g/mol. The zero-order valence-electron chi connectivity index (χ0n) is 10.5. The van der Waals surface area contributed by atoms with Gasteiger partial charge in [-0.3, -0.25) is 0 Å². The number of carbonyl (C=O) groups excluding carboxylic acids is 1. The largest absolute Gasteiger partial charge is 0.465 e. The van der Waals surface area contributed by atoms with Gasteiger partial charge in [-0.15, -0.1) is 0 Å². The van der Waals surface area contributed by atoms with Gasteiger partial charge < -0.3 is 15.8 Å². The van der Waals surface area contributed by atoms with E-state index in [2.05, 4.69) is 28.9 Å². The third-order valence-corrected chi connectivity index (χ3v) is 2.66. The molecule has 17 heavy (non-hydrogen) atoms. The van der Waals surface area contributed by atoms with E-state index in [4.69, 9.17) is 5.73 Å². The maximum atomic E-state index is 11.3. The standard InChI is InChI=1S/C12H19N3O2/c1-4-9(5-2)15-11-10(13)6-8(7-14-11)12(16)17-3/h6-7,9H,4-5,13H2,1-3H3,(H,14,15). The van der Waals surface area contributed by atoms with Crippen LogP contribution in [0.2, 0.25) is 0 Å². The minimum Gasteiger partial charge on any atom is -0.465 e. The van der Waals surface area contributed by atoms with Crippen LogP contribution in [0.1, 0.15) is 37.0 Å². The third-order valence-electron chi connectivity index (χ3n) is 2.66. The Kier molecular flexibility index (Phi) is 4.75. The van der Waals surface area contributed by atoms with E-state index in [9.17, 15) is 4.79 Å². The maximum absolute atomic E-state index is 11.3. The van der Waals surface area contributed by atoms with Crippen LogP contribution in [0.3, 0.4) is 0 Å². The van der Waals surface area contributed by atoms with E-state index in [1.165, 1.54) is 13.3 Å². The Bertz CT molecular complexity index is 389. The zero-order valence-corrected chi connectivity index (χ0v) is 10.5. The normalized spacial score (nSPS) is 10.4. The van der Waals surface area contributed by atoms with Crippen molar-refractivity contribution in [2.45, 2.75) is 32.7 Å². The van der Waals surface area contributed by atoms with Gasteiger partial charge >= 0.3 is 5.97 Å². The molecule has 0 unspecified atom stereocenters. The molecule has 1 aromatic rings. The van der Waals surface area contributed by atoms with Gasteiger partial charge in [-0.1, -0.05) is 13.8 Å². The van der Waals surface area contributed by atoms with E-state index in [0.717, 1.165) is 12.8 Å². The van der Waals surface area contributed by atoms with Crippen molar-refractivity contribution in [3.05, 3.63) is 17.8 Å². The topological polar surface area (TPSA) is 77.2 Å². The molecule has 0 fully saturated rings. The number of nitrogen functional groups attached to an aromatic ring is 1. The highest BCUT2D eigenvalue weighted by molar-refractivity contribution is 5.90. The van der Waals surface area contributed by atoms with Crippen molar-refractivity contribution in [1.82, 2.24) is 4.98 Å². The summed E-state index contributed by atoms with van der Waals surface area (Å²) >= 11 is 0. The number of hydrogen-bond acceptors (Lipinski definition) is 5. The number of nitrogens with two attached hydrogens (primary N) is 1. The lowest BCUT2D eigenvalue weighted by molar-refractivity contribution is 0.0600. The lowest BCUT2D eigenvalue weighted by Crippen LogP contribution is -2.19. The fraction of sp³-hybridized carbons (Fsp3) is 0.500. The van der Waals surface area contributed by atoms with Crippen LogP contribution in [0, 0.1) is 0 Å². The van der Waals surface area contributed by atoms with Crippen LogP contribution in [-0.2, 0) is 4.74 Å². The monoisotopic (exact) mass is 237 g/mol. The number of aromatic nitrogens is 1. The van der Waals surface area contributed by atoms with Gasteiger partial charge in [-0.2, -0.15) is 0 Å². The van der Waals surface area contributed by atoms with Gasteiger partial charge in [0.1, 0.15) is 5.82 Å². The minimum atomic E-state index is -0.432. The van der Waals surface area contributed by atoms with Gasteiger partial charge in [0, 0.05) is 12.2 Å². The van der Waals surface area contributed by atoms with Gasteiger partial charge in [-0.05, 0) is 18.9 Å². The molecule has 0 radical (unpaired) electrons. The molecule has 5 nitrogen and oxygen atoms in total. The van der Waals surface area contributed by atoms with E-state index in [0.29, 0.717) is 23.1 Å². The average Bonchev–Trinajstić information content (AvgIpc) is 2.36. The summed E-state index contributed by atoms with van der Waals surface area (Å²) in [7, 11) is 1.33. The van der Waals surface area contributed by atoms with Crippen molar-refractivity contribution in [3.8, 4) is 0 Å². The van der Waals surface area contributed by atoms with Crippen molar-refractivity contribution >= 4 is 17.5 Å². The Morgan fingerprint density at radius 3 is 2.65 bits per heavy atom.